The Labute approximate surface area is 93.1 Å². The average molecular weight is 220 g/mol. The number of carboxylic acids is 1. The first-order valence-electron chi connectivity index (χ1n) is 5.62. The number of hydrogen-bond acceptors (Lipinski definition) is 1. The maximum absolute atomic E-state index is 12.9. The standard InChI is InChI=1S/C13H13FO2/c14-10-3-1-9(2-4-10)13-6-5-8(7-13)11(13)12(15)16/h1-4,8,11H,5-7H2,(H,15,16). The van der Waals surface area contributed by atoms with Crippen molar-refractivity contribution >= 4 is 5.97 Å². The van der Waals surface area contributed by atoms with E-state index in [4.69, 9.17) is 0 Å². The van der Waals surface area contributed by atoms with Crippen molar-refractivity contribution in [2.75, 3.05) is 0 Å². The number of carbonyl (C=O) groups is 1. The first-order chi connectivity index (χ1) is 7.63. The largest absolute Gasteiger partial charge is 0.481 e. The lowest BCUT2D eigenvalue weighted by Crippen LogP contribution is -2.48. The molecule has 1 aromatic rings. The van der Waals surface area contributed by atoms with Crippen molar-refractivity contribution in [2.45, 2.75) is 24.7 Å². The molecule has 3 heteroatoms. The van der Waals surface area contributed by atoms with Crippen LogP contribution < -0.4 is 0 Å². The van der Waals surface area contributed by atoms with Crippen LogP contribution in [-0.4, -0.2) is 11.1 Å². The van der Waals surface area contributed by atoms with Gasteiger partial charge in [0.2, 0.25) is 0 Å². The molecule has 1 aromatic carbocycles. The summed E-state index contributed by atoms with van der Waals surface area (Å²) in [5.74, 6) is -0.875. The molecular formula is C13H13FO2. The third-order valence-corrected chi connectivity index (χ3v) is 4.34. The Bertz CT molecular complexity index is 436. The van der Waals surface area contributed by atoms with Crippen molar-refractivity contribution in [1.29, 1.82) is 0 Å². The van der Waals surface area contributed by atoms with Gasteiger partial charge in [-0.25, -0.2) is 4.39 Å². The van der Waals surface area contributed by atoms with Gasteiger partial charge in [0.05, 0.1) is 5.92 Å². The zero-order valence-corrected chi connectivity index (χ0v) is 8.82. The Balaban J connectivity index is 2.00. The zero-order valence-electron chi connectivity index (χ0n) is 8.82. The summed E-state index contributed by atoms with van der Waals surface area (Å²) in [6.07, 6.45) is 2.88. The van der Waals surface area contributed by atoms with E-state index < -0.39 is 5.97 Å². The van der Waals surface area contributed by atoms with E-state index in [-0.39, 0.29) is 17.2 Å². The van der Waals surface area contributed by atoms with Crippen molar-refractivity contribution < 1.29 is 14.3 Å². The highest BCUT2D eigenvalue weighted by atomic mass is 19.1. The molecule has 0 heterocycles. The lowest BCUT2D eigenvalue weighted by molar-refractivity contribution is -0.150. The van der Waals surface area contributed by atoms with Gasteiger partial charge in [-0.15, -0.1) is 0 Å². The Kier molecular flexibility index (Phi) is 1.88. The third kappa shape index (κ3) is 1.09. The Hall–Kier alpha value is -1.38. The topological polar surface area (TPSA) is 37.3 Å². The fraction of sp³-hybridized carbons (Fsp3) is 0.462. The molecule has 84 valence electrons. The summed E-state index contributed by atoms with van der Waals surface area (Å²) in [4.78, 5) is 11.2. The Morgan fingerprint density at radius 1 is 1.38 bits per heavy atom. The molecule has 3 unspecified atom stereocenters. The molecule has 3 aliphatic carbocycles. The summed E-state index contributed by atoms with van der Waals surface area (Å²) < 4.78 is 12.9. The van der Waals surface area contributed by atoms with Crippen LogP contribution in [0.15, 0.2) is 24.3 Å². The van der Waals surface area contributed by atoms with Gasteiger partial charge in [0.1, 0.15) is 5.82 Å². The lowest BCUT2D eigenvalue weighted by atomic mass is 9.57. The van der Waals surface area contributed by atoms with Crippen molar-refractivity contribution in [2.24, 2.45) is 11.8 Å². The number of hydrogen-bond donors (Lipinski definition) is 1. The predicted molar refractivity (Wildman–Crippen MR) is 56.5 cm³/mol. The first kappa shape index (κ1) is 9.82. The van der Waals surface area contributed by atoms with Gasteiger partial charge < -0.3 is 5.11 Å². The molecule has 0 aromatic heterocycles. The van der Waals surface area contributed by atoms with Gasteiger partial charge in [0.25, 0.3) is 0 Å². The summed E-state index contributed by atoms with van der Waals surface area (Å²) in [5, 5.41) is 9.22. The molecule has 0 amide bonds. The number of aliphatic carboxylic acids is 1. The van der Waals surface area contributed by atoms with Gasteiger partial charge in [0, 0.05) is 5.41 Å². The molecular weight excluding hydrogens is 207 g/mol. The molecule has 4 rings (SSSR count). The highest BCUT2D eigenvalue weighted by molar-refractivity contribution is 5.75. The molecule has 2 nitrogen and oxygen atoms in total. The van der Waals surface area contributed by atoms with Crippen LogP contribution in [-0.2, 0) is 10.2 Å². The molecule has 3 fully saturated rings. The summed E-state index contributed by atoms with van der Waals surface area (Å²) in [6, 6.07) is 6.34. The molecule has 0 saturated heterocycles. The van der Waals surface area contributed by atoms with E-state index >= 15 is 0 Å². The van der Waals surface area contributed by atoms with Gasteiger partial charge in [-0.3, -0.25) is 4.79 Å². The molecule has 0 spiro atoms. The number of carboxylic acid groups (broad SMARTS) is 1. The minimum absolute atomic E-state index is 0.204. The highest BCUT2D eigenvalue weighted by Crippen LogP contribution is 2.63. The summed E-state index contributed by atoms with van der Waals surface area (Å²) in [6.45, 7) is 0. The fourth-order valence-electron chi connectivity index (χ4n) is 3.63. The first-order valence-corrected chi connectivity index (χ1v) is 5.62. The van der Waals surface area contributed by atoms with Crippen molar-refractivity contribution in [1.82, 2.24) is 0 Å². The fourth-order valence-corrected chi connectivity index (χ4v) is 3.63. The molecule has 3 saturated carbocycles. The SMILES string of the molecule is O=C(O)C1C2CCC1(c1ccc(F)cc1)C2. The number of benzene rings is 1. The molecule has 2 bridgehead atoms. The van der Waals surface area contributed by atoms with E-state index in [9.17, 15) is 14.3 Å². The van der Waals surface area contributed by atoms with Crippen LogP contribution in [0.3, 0.4) is 0 Å². The van der Waals surface area contributed by atoms with Gasteiger partial charge in [-0.1, -0.05) is 12.1 Å². The normalized spacial score (nSPS) is 35.8. The van der Waals surface area contributed by atoms with Crippen LogP contribution in [0, 0.1) is 17.7 Å². The quantitative estimate of drug-likeness (QED) is 0.831. The predicted octanol–water partition coefficient (Wildman–Crippen LogP) is 2.58. The van der Waals surface area contributed by atoms with Crippen LogP contribution >= 0.6 is 0 Å². The third-order valence-electron chi connectivity index (χ3n) is 4.34. The van der Waals surface area contributed by atoms with Gasteiger partial charge in [0.15, 0.2) is 0 Å². The second-order valence-electron chi connectivity index (χ2n) is 4.98. The molecule has 3 aliphatic rings. The van der Waals surface area contributed by atoms with E-state index in [1.54, 1.807) is 12.1 Å². The van der Waals surface area contributed by atoms with E-state index in [2.05, 4.69) is 0 Å². The molecule has 16 heavy (non-hydrogen) atoms. The van der Waals surface area contributed by atoms with Crippen molar-refractivity contribution in [3.05, 3.63) is 35.6 Å². The Morgan fingerprint density at radius 3 is 2.62 bits per heavy atom. The second-order valence-corrected chi connectivity index (χ2v) is 4.98. The Morgan fingerprint density at radius 2 is 2.06 bits per heavy atom. The number of rotatable bonds is 2. The van der Waals surface area contributed by atoms with Gasteiger partial charge >= 0.3 is 5.97 Å². The minimum Gasteiger partial charge on any atom is -0.481 e. The molecule has 1 N–H and O–H groups in total. The number of fused-ring (bicyclic) bond motifs is 1. The van der Waals surface area contributed by atoms with Crippen LogP contribution in [0.1, 0.15) is 24.8 Å². The van der Waals surface area contributed by atoms with E-state index in [1.807, 2.05) is 0 Å². The molecule has 0 aliphatic heterocycles. The van der Waals surface area contributed by atoms with Crippen LogP contribution in [0.2, 0.25) is 0 Å². The van der Waals surface area contributed by atoms with Gasteiger partial charge in [-0.05, 0) is 42.9 Å². The van der Waals surface area contributed by atoms with Crippen molar-refractivity contribution in [3.63, 3.8) is 0 Å². The maximum Gasteiger partial charge on any atom is 0.307 e. The zero-order chi connectivity index (χ0) is 11.3. The van der Waals surface area contributed by atoms with Crippen LogP contribution in [0.25, 0.3) is 0 Å². The monoisotopic (exact) mass is 220 g/mol. The van der Waals surface area contributed by atoms with Crippen LogP contribution in [0.4, 0.5) is 4.39 Å². The average Bonchev–Trinajstić information content (AvgIpc) is 2.76. The second kappa shape index (κ2) is 3.06. The van der Waals surface area contributed by atoms with E-state index in [0.29, 0.717) is 5.92 Å². The molecule has 0 radical (unpaired) electrons. The smallest absolute Gasteiger partial charge is 0.307 e. The summed E-state index contributed by atoms with van der Waals surface area (Å²) in [7, 11) is 0. The van der Waals surface area contributed by atoms with Gasteiger partial charge in [-0.2, -0.15) is 0 Å². The number of halogens is 1. The highest BCUT2D eigenvalue weighted by Gasteiger charge is 2.62. The molecule has 3 atom stereocenters. The van der Waals surface area contributed by atoms with Crippen molar-refractivity contribution in [3.8, 4) is 0 Å². The minimum atomic E-state index is -0.696. The van der Waals surface area contributed by atoms with E-state index in [1.165, 1.54) is 12.1 Å². The van der Waals surface area contributed by atoms with E-state index in [0.717, 1.165) is 24.8 Å². The maximum atomic E-state index is 12.9. The van der Waals surface area contributed by atoms with Crippen LogP contribution in [0.5, 0.6) is 0 Å². The summed E-state index contributed by atoms with van der Waals surface area (Å²) >= 11 is 0. The lowest BCUT2D eigenvalue weighted by Gasteiger charge is -2.45. The summed E-state index contributed by atoms with van der Waals surface area (Å²) in [5.41, 5.74) is 0.791.